The molecule has 4 aromatic rings. The van der Waals surface area contributed by atoms with Gasteiger partial charge in [0.2, 0.25) is 0 Å². The molecule has 3 N–H and O–H groups in total. The smallest absolute Gasteiger partial charge is 0.416 e. The fourth-order valence-corrected chi connectivity index (χ4v) is 4.84. The topological polar surface area (TPSA) is 115 Å². The molecule has 0 atom stereocenters. The zero-order chi connectivity index (χ0) is 31.3. The van der Waals surface area contributed by atoms with Crippen molar-refractivity contribution in [2.24, 2.45) is 0 Å². The van der Waals surface area contributed by atoms with Crippen LogP contribution in [-0.4, -0.2) is 80.8 Å². The van der Waals surface area contributed by atoms with Crippen molar-refractivity contribution in [3.8, 4) is 11.8 Å². The number of carboxylic acid groups (broad SMARTS) is 1. The Hall–Kier alpha value is -4.93. The van der Waals surface area contributed by atoms with Crippen LogP contribution in [0.1, 0.15) is 38.3 Å². The lowest BCUT2D eigenvalue weighted by molar-refractivity contribution is -0.138. The number of hydrogen-bond acceptors (Lipinski definition) is 6. The highest BCUT2D eigenvalue weighted by atomic mass is 19.4. The van der Waals surface area contributed by atoms with Crippen molar-refractivity contribution >= 4 is 23.3 Å². The number of nitrogens with one attached hydrogen (secondary N) is 2. The monoisotopic (exact) mass is 605 g/mol. The molecule has 228 valence electrons. The molecule has 0 spiro atoms. The molecule has 13 heteroatoms. The molecule has 2 amide bonds. The van der Waals surface area contributed by atoms with E-state index in [9.17, 15) is 22.8 Å². The molecular weight excluding hydrogens is 575 g/mol. The summed E-state index contributed by atoms with van der Waals surface area (Å²) in [7, 11) is 0. The molecule has 1 saturated heterocycles. The minimum Gasteiger partial charge on any atom is -0.465 e. The number of rotatable bonds is 7. The standard InChI is InChI=1S/C31H30F3N7O3/c1-21-4-5-23(17-22(21)7-9-26-20-36-28-3-2-10-37-41(26)28)29(42)38-25-8-6-24(27(18-25)31(32,33)34)19-35-11-12-39-13-15-40(16-14-39)30(43)44/h2-6,8,10,17-18,20,35H,11-16,19H2,1H3,(H,38,42)(H,43,44). The van der Waals surface area contributed by atoms with Gasteiger partial charge in [0.15, 0.2) is 5.65 Å². The van der Waals surface area contributed by atoms with Crippen LogP contribution in [0.4, 0.5) is 23.7 Å². The summed E-state index contributed by atoms with van der Waals surface area (Å²) in [6, 6.07) is 12.2. The molecule has 0 aliphatic carbocycles. The Labute approximate surface area is 251 Å². The first kappa shape index (κ1) is 30.5. The minimum absolute atomic E-state index is 0.0137. The van der Waals surface area contributed by atoms with Crippen molar-refractivity contribution in [2.45, 2.75) is 19.6 Å². The molecule has 0 unspecified atom stereocenters. The van der Waals surface area contributed by atoms with Gasteiger partial charge >= 0.3 is 12.3 Å². The number of fused-ring (bicyclic) bond motifs is 1. The predicted molar refractivity (Wildman–Crippen MR) is 157 cm³/mol. The number of aromatic nitrogens is 3. The first-order valence-corrected chi connectivity index (χ1v) is 13.9. The average Bonchev–Trinajstić information content (AvgIpc) is 3.42. The van der Waals surface area contributed by atoms with Crippen molar-refractivity contribution in [1.29, 1.82) is 0 Å². The number of halogens is 3. The third-order valence-electron chi connectivity index (χ3n) is 7.34. The normalized spacial score (nSPS) is 13.9. The third-order valence-corrected chi connectivity index (χ3v) is 7.34. The van der Waals surface area contributed by atoms with Crippen molar-refractivity contribution in [3.05, 3.63) is 94.4 Å². The second-order valence-electron chi connectivity index (χ2n) is 10.3. The number of anilines is 1. The van der Waals surface area contributed by atoms with Crippen LogP contribution >= 0.6 is 0 Å². The molecule has 1 fully saturated rings. The highest BCUT2D eigenvalue weighted by molar-refractivity contribution is 6.04. The van der Waals surface area contributed by atoms with Crippen LogP contribution in [0.5, 0.6) is 0 Å². The second-order valence-corrected chi connectivity index (χ2v) is 10.3. The molecule has 44 heavy (non-hydrogen) atoms. The Kier molecular flexibility index (Phi) is 9.12. The first-order chi connectivity index (χ1) is 21.1. The number of amides is 2. The number of piperazine rings is 1. The zero-order valence-corrected chi connectivity index (χ0v) is 23.9. The van der Waals surface area contributed by atoms with Crippen molar-refractivity contribution in [1.82, 2.24) is 29.7 Å². The summed E-state index contributed by atoms with van der Waals surface area (Å²) in [5.41, 5.74) is 2.12. The summed E-state index contributed by atoms with van der Waals surface area (Å²) in [5, 5.41) is 18.9. The summed E-state index contributed by atoms with van der Waals surface area (Å²) < 4.78 is 43.5. The molecular formula is C31H30F3N7O3. The number of alkyl halides is 3. The van der Waals surface area contributed by atoms with Crippen LogP contribution in [-0.2, 0) is 12.7 Å². The van der Waals surface area contributed by atoms with E-state index in [1.165, 1.54) is 17.0 Å². The van der Waals surface area contributed by atoms with E-state index in [1.54, 1.807) is 47.2 Å². The van der Waals surface area contributed by atoms with E-state index < -0.39 is 23.7 Å². The molecule has 3 heterocycles. The molecule has 1 aliphatic heterocycles. The van der Waals surface area contributed by atoms with Gasteiger partial charge in [0.05, 0.1) is 11.8 Å². The van der Waals surface area contributed by atoms with E-state index in [-0.39, 0.29) is 23.4 Å². The minimum atomic E-state index is -4.62. The largest absolute Gasteiger partial charge is 0.465 e. The molecule has 1 aliphatic rings. The van der Waals surface area contributed by atoms with E-state index in [1.807, 2.05) is 6.92 Å². The number of imidazole rings is 1. The second kappa shape index (κ2) is 13.2. The number of hydrogen-bond donors (Lipinski definition) is 3. The molecule has 2 aromatic carbocycles. The summed E-state index contributed by atoms with van der Waals surface area (Å²) in [6.45, 7) is 4.81. The molecule has 10 nitrogen and oxygen atoms in total. The Morgan fingerprint density at radius 1 is 1.05 bits per heavy atom. The number of carbonyl (C=O) groups excluding carboxylic acids is 1. The molecule has 2 aromatic heterocycles. The lowest BCUT2D eigenvalue weighted by atomic mass is 10.0. The van der Waals surface area contributed by atoms with E-state index in [2.05, 4.69) is 37.5 Å². The summed E-state index contributed by atoms with van der Waals surface area (Å²) >= 11 is 0. The van der Waals surface area contributed by atoms with Gasteiger partial charge in [0.1, 0.15) is 5.69 Å². The van der Waals surface area contributed by atoms with E-state index in [0.29, 0.717) is 56.2 Å². The zero-order valence-electron chi connectivity index (χ0n) is 23.9. The summed E-state index contributed by atoms with van der Waals surface area (Å²) in [6.07, 6.45) is -2.35. The molecule has 5 rings (SSSR count). The maximum absolute atomic E-state index is 14.0. The lowest BCUT2D eigenvalue weighted by Crippen LogP contribution is -2.49. The summed E-state index contributed by atoms with van der Waals surface area (Å²) in [4.78, 5) is 31.7. The lowest BCUT2D eigenvalue weighted by Gasteiger charge is -2.33. The highest BCUT2D eigenvalue weighted by Crippen LogP contribution is 2.34. The Bertz CT molecular complexity index is 1730. The van der Waals surface area contributed by atoms with Gasteiger partial charge in [-0.1, -0.05) is 18.1 Å². The van der Waals surface area contributed by atoms with Gasteiger partial charge in [-0.05, 0) is 60.4 Å². The van der Waals surface area contributed by atoms with Gasteiger partial charge in [0.25, 0.3) is 5.91 Å². The van der Waals surface area contributed by atoms with E-state index in [0.717, 1.165) is 11.6 Å². The Morgan fingerprint density at radius 2 is 1.84 bits per heavy atom. The van der Waals surface area contributed by atoms with Gasteiger partial charge in [0, 0.05) is 68.8 Å². The van der Waals surface area contributed by atoms with Crippen molar-refractivity contribution < 1.29 is 27.9 Å². The van der Waals surface area contributed by atoms with Crippen LogP contribution in [0.3, 0.4) is 0 Å². The number of aryl methyl sites for hydroxylation is 1. The highest BCUT2D eigenvalue weighted by Gasteiger charge is 2.33. The Morgan fingerprint density at radius 3 is 2.59 bits per heavy atom. The van der Waals surface area contributed by atoms with Gasteiger partial charge in [-0.3, -0.25) is 9.69 Å². The first-order valence-electron chi connectivity index (χ1n) is 13.9. The SMILES string of the molecule is Cc1ccc(C(=O)Nc2ccc(CNCCN3CCN(C(=O)O)CC3)c(C(F)(F)F)c2)cc1C#Cc1cnc2cccnn12. The van der Waals surface area contributed by atoms with Crippen LogP contribution in [0.2, 0.25) is 0 Å². The maximum atomic E-state index is 14.0. The van der Waals surface area contributed by atoms with E-state index >= 15 is 0 Å². The van der Waals surface area contributed by atoms with Gasteiger partial charge in [-0.25, -0.2) is 14.3 Å². The van der Waals surface area contributed by atoms with Crippen molar-refractivity contribution in [3.63, 3.8) is 0 Å². The fraction of sp³-hybridized carbons (Fsp3) is 0.290. The summed E-state index contributed by atoms with van der Waals surface area (Å²) in [5.74, 6) is 5.49. The van der Waals surface area contributed by atoms with Crippen molar-refractivity contribution in [2.75, 3.05) is 44.6 Å². The molecule has 0 bridgehead atoms. The van der Waals surface area contributed by atoms with Gasteiger partial charge < -0.3 is 20.6 Å². The third kappa shape index (κ3) is 7.34. The predicted octanol–water partition coefficient (Wildman–Crippen LogP) is 4.09. The quantitative estimate of drug-likeness (QED) is 0.215. The van der Waals surface area contributed by atoms with Crippen LogP contribution in [0, 0.1) is 18.8 Å². The number of carbonyl (C=O) groups is 2. The Balaban J connectivity index is 1.23. The van der Waals surface area contributed by atoms with Gasteiger partial charge in [-0.15, -0.1) is 0 Å². The molecule has 0 radical (unpaired) electrons. The number of benzene rings is 2. The molecule has 0 saturated carbocycles. The van der Waals surface area contributed by atoms with Gasteiger partial charge in [-0.2, -0.15) is 18.3 Å². The van der Waals surface area contributed by atoms with Crippen LogP contribution in [0.15, 0.2) is 60.9 Å². The number of nitrogens with zero attached hydrogens (tertiary/aromatic N) is 5. The average molecular weight is 606 g/mol. The maximum Gasteiger partial charge on any atom is 0.416 e. The fourth-order valence-electron chi connectivity index (χ4n) is 4.84. The van der Waals surface area contributed by atoms with E-state index in [4.69, 9.17) is 5.11 Å². The van der Waals surface area contributed by atoms with Crippen LogP contribution < -0.4 is 10.6 Å². The van der Waals surface area contributed by atoms with Crippen LogP contribution in [0.25, 0.3) is 5.65 Å².